The van der Waals surface area contributed by atoms with Crippen LogP contribution in [0.2, 0.25) is 0 Å². The molecule has 4 rings (SSSR count). The minimum absolute atomic E-state index is 0.00222. The van der Waals surface area contributed by atoms with Crippen LogP contribution >= 0.6 is 0 Å². The number of likely N-dealkylation sites (tertiary alicyclic amines) is 2. The molecule has 1 aromatic rings. The number of aryl methyl sites for hydroxylation is 2. The molecule has 3 aliphatic heterocycles. The molecule has 2 N–H and O–H groups in total. The van der Waals surface area contributed by atoms with Crippen molar-refractivity contribution in [1.29, 1.82) is 0 Å². The van der Waals surface area contributed by atoms with E-state index < -0.39 is 11.9 Å². The zero-order chi connectivity index (χ0) is 20.1. The van der Waals surface area contributed by atoms with E-state index in [1.54, 1.807) is 4.90 Å². The van der Waals surface area contributed by atoms with E-state index in [9.17, 15) is 19.5 Å². The van der Waals surface area contributed by atoms with Crippen LogP contribution in [0, 0.1) is 25.2 Å². The fourth-order valence-corrected chi connectivity index (χ4v) is 4.65. The lowest BCUT2D eigenvalue weighted by Gasteiger charge is -2.28. The first-order valence-electron chi connectivity index (χ1n) is 9.43. The van der Waals surface area contributed by atoms with E-state index in [0.29, 0.717) is 26.2 Å². The van der Waals surface area contributed by atoms with Gasteiger partial charge in [0.1, 0.15) is 18.8 Å². The summed E-state index contributed by atoms with van der Waals surface area (Å²) in [5, 5.41) is 16.3. The summed E-state index contributed by atoms with van der Waals surface area (Å²) < 4.78 is 5.24. The molecule has 10 heteroatoms. The van der Waals surface area contributed by atoms with E-state index in [1.807, 2.05) is 13.8 Å². The van der Waals surface area contributed by atoms with Crippen molar-refractivity contribution in [2.75, 3.05) is 45.9 Å². The third-order valence-electron chi connectivity index (χ3n) is 6.25. The lowest BCUT2D eigenvalue weighted by Crippen LogP contribution is -2.43. The standard InChI is InChI=1S/C18H25N5O5/c1-11-14(12(2)28-20-11)5-21-3-13-4-23(9-18(13,8-21)10-24)16(26)7-22-6-15(25)19-17(22)27/h13,24H,3-10H2,1-2H3,(H,19,25,27). The average molecular weight is 391 g/mol. The second kappa shape index (κ2) is 6.85. The first-order valence-corrected chi connectivity index (χ1v) is 9.43. The Bertz CT molecular complexity index is 804. The molecule has 3 aliphatic rings. The summed E-state index contributed by atoms with van der Waals surface area (Å²) >= 11 is 0. The molecule has 4 amide bonds. The van der Waals surface area contributed by atoms with Gasteiger partial charge >= 0.3 is 6.03 Å². The maximum atomic E-state index is 12.6. The summed E-state index contributed by atoms with van der Waals surface area (Å²) in [6.45, 7) is 6.79. The van der Waals surface area contributed by atoms with Crippen LogP contribution in [0.1, 0.15) is 17.0 Å². The fourth-order valence-electron chi connectivity index (χ4n) is 4.65. The number of aliphatic hydroxyl groups excluding tert-OH is 1. The Morgan fingerprint density at radius 3 is 2.68 bits per heavy atom. The van der Waals surface area contributed by atoms with Crippen molar-refractivity contribution in [2.45, 2.75) is 20.4 Å². The van der Waals surface area contributed by atoms with Gasteiger partial charge in [0.2, 0.25) is 11.8 Å². The van der Waals surface area contributed by atoms with Gasteiger partial charge in [0.05, 0.1) is 12.3 Å². The van der Waals surface area contributed by atoms with Gasteiger partial charge in [0.15, 0.2) is 0 Å². The first-order chi connectivity index (χ1) is 13.3. The zero-order valence-corrected chi connectivity index (χ0v) is 16.1. The van der Waals surface area contributed by atoms with E-state index in [-0.39, 0.29) is 36.9 Å². The summed E-state index contributed by atoms with van der Waals surface area (Å²) in [5.74, 6) is 0.390. The van der Waals surface area contributed by atoms with Gasteiger partial charge in [0.25, 0.3) is 0 Å². The minimum Gasteiger partial charge on any atom is -0.396 e. The molecule has 0 spiro atoms. The molecule has 0 radical (unpaired) electrons. The van der Waals surface area contributed by atoms with Crippen LogP contribution < -0.4 is 5.32 Å². The fraction of sp³-hybridized carbons (Fsp3) is 0.667. The van der Waals surface area contributed by atoms with Crippen molar-refractivity contribution in [1.82, 2.24) is 25.2 Å². The number of aromatic nitrogens is 1. The third kappa shape index (κ3) is 3.16. The van der Waals surface area contributed by atoms with Gasteiger partial charge in [-0.1, -0.05) is 5.16 Å². The van der Waals surface area contributed by atoms with Crippen molar-refractivity contribution in [3.05, 3.63) is 17.0 Å². The zero-order valence-electron chi connectivity index (χ0n) is 16.1. The van der Waals surface area contributed by atoms with Gasteiger partial charge in [0, 0.05) is 43.7 Å². The monoisotopic (exact) mass is 391 g/mol. The lowest BCUT2D eigenvalue weighted by molar-refractivity contribution is -0.131. The molecule has 0 bridgehead atoms. The lowest BCUT2D eigenvalue weighted by atomic mass is 9.82. The van der Waals surface area contributed by atoms with Gasteiger partial charge in [-0.05, 0) is 19.8 Å². The van der Waals surface area contributed by atoms with Gasteiger partial charge in [-0.15, -0.1) is 0 Å². The molecule has 28 heavy (non-hydrogen) atoms. The van der Waals surface area contributed by atoms with Crippen molar-refractivity contribution in [2.24, 2.45) is 11.3 Å². The molecule has 1 aromatic heterocycles. The Morgan fingerprint density at radius 1 is 1.32 bits per heavy atom. The summed E-state index contributed by atoms with van der Waals surface area (Å²) in [6, 6.07) is -0.528. The molecule has 10 nitrogen and oxygen atoms in total. The van der Waals surface area contributed by atoms with Crippen molar-refractivity contribution >= 4 is 17.8 Å². The summed E-state index contributed by atoms with van der Waals surface area (Å²) in [5.41, 5.74) is 1.59. The number of nitrogens with zero attached hydrogens (tertiary/aromatic N) is 4. The second-order valence-corrected chi connectivity index (χ2v) is 8.17. The number of amides is 4. The Morgan fingerprint density at radius 2 is 2.11 bits per heavy atom. The van der Waals surface area contributed by atoms with E-state index in [4.69, 9.17) is 4.52 Å². The van der Waals surface area contributed by atoms with Crippen LogP contribution in [-0.4, -0.2) is 88.7 Å². The molecule has 152 valence electrons. The molecule has 4 heterocycles. The van der Waals surface area contributed by atoms with E-state index in [0.717, 1.165) is 23.6 Å². The van der Waals surface area contributed by atoms with Crippen LogP contribution in [0.4, 0.5) is 4.79 Å². The largest absolute Gasteiger partial charge is 0.396 e. The summed E-state index contributed by atoms with van der Waals surface area (Å²) in [7, 11) is 0. The molecule has 0 saturated carbocycles. The van der Waals surface area contributed by atoms with Crippen LogP contribution in [0.25, 0.3) is 0 Å². The van der Waals surface area contributed by atoms with Crippen molar-refractivity contribution in [3.63, 3.8) is 0 Å². The SMILES string of the molecule is Cc1noc(C)c1CN1CC2CN(C(=O)CN3CC(=O)NC3=O)CC2(CO)C1. The number of urea groups is 1. The second-order valence-electron chi connectivity index (χ2n) is 8.17. The smallest absolute Gasteiger partial charge is 0.325 e. The first kappa shape index (κ1) is 18.9. The summed E-state index contributed by atoms with van der Waals surface area (Å²) in [4.78, 5) is 40.8. The number of carbonyl (C=O) groups excluding carboxylic acids is 3. The third-order valence-corrected chi connectivity index (χ3v) is 6.25. The molecular formula is C18H25N5O5. The Kier molecular flexibility index (Phi) is 4.62. The molecule has 0 aliphatic carbocycles. The highest BCUT2D eigenvalue weighted by atomic mass is 16.5. The molecular weight excluding hydrogens is 366 g/mol. The number of nitrogens with one attached hydrogen (secondary N) is 1. The Labute approximate surface area is 162 Å². The number of imide groups is 1. The van der Waals surface area contributed by atoms with Gasteiger partial charge < -0.3 is 19.4 Å². The Hall–Kier alpha value is -2.46. The topological polar surface area (TPSA) is 119 Å². The van der Waals surface area contributed by atoms with E-state index >= 15 is 0 Å². The highest BCUT2D eigenvalue weighted by Crippen LogP contribution is 2.42. The number of rotatable bonds is 5. The van der Waals surface area contributed by atoms with Gasteiger partial charge in [-0.3, -0.25) is 19.8 Å². The maximum absolute atomic E-state index is 12.6. The van der Waals surface area contributed by atoms with Crippen LogP contribution in [0.15, 0.2) is 4.52 Å². The Balaban J connectivity index is 1.39. The number of aliphatic hydroxyl groups is 1. The molecule has 0 aromatic carbocycles. The van der Waals surface area contributed by atoms with E-state index in [2.05, 4.69) is 15.4 Å². The van der Waals surface area contributed by atoms with Crippen LogP contribution in [0.3, 0.4) is 0 Å². The van der Waals surface area contributed by atoms with Crippen LogP contribution in [0.5, 0.6) is 0 Å². The highest BCUT2D eigenvalue weighted by Gasteiger charge is 2.53. The average Bonchev–Trinajstić information content (AvgIpc) is 3.34. The van der Waals surface area contributed by atoms with Crippen LogP contribution in [-0.2, 0) is 16.1 Å². The quantitative estimate of drug-likeness (QED) is 0.624. The number of carbonyl (C=O) groups is 3. The minimum atomic E-state index is -0.528. The molecule has 3 fully saturated rings. The highest BCUT2D eigenvalue weighted by molar-refractivity contribution is 6.03. The number of hydrogen-bond donors (Lipinski definition) is 2. The normalized spacial score (nSPS) is 27.6. The van der Waals surface area contributed by atoms with E-state index in [1.165, 1.54) is 4.90 Å². The predicted molar refractivity (Wildman–Crippen MR) is 96.0 cm³/mol. The molecule has 3 saturated heterocycles. The molecule has 2 atom stereocenters. The maximum Gasteiger partial charge on any atom is 0.325 e. The van der Waals surface area contributed by atoms with Crippen molar-refractivity contribution < 1.29 is 24.0 Å². The predicted octanol–water partition coefficient (Wildman–Crippen LogP) is -0.904. The van der Waals surface area contributed by atoms with Crippen molar-refractivity contribution in [3.8, 4) is 0 Å². The van der Waals surface area contributed by atoms with Gasteiger partial charge in [-0.25, -0.2) is 4.79 Å². The molecule has 2 unspecified atom stereocenters. The van der Waals surface area contributed by atoms with Gasteiger partial charge in [-0.2, -0.15) is 0 Å². The number of hydrogen-bond acceptors (Lipinski definition) is 7. The summed E-state index contributed by atoms with van der Waals surface area (Å²) in [6.07, 6.45) is 0. The number of fused-ring (bicyclic) bond motifs is 1.